The lowest BCUT2D eigenvalue weighted by Gasteiger charge is -2.37. The van der Waals surface area contributed by atoms with Crippen LogP contribution in [0.5, 0.6) is 0 Å². The normalized spacial score (nSPS) is 15.4. The van der Waals surface area contributed by atoms with E-state index in [-0.39, 0.29) is 11.9 Å². The zero-order valence-corrected chi connectivity index (χ0v) is 17.4. The molecule has 0 amide bonds. The number of halogens is 1. The smallest absolute Gasteiger partial charge is 0.338 e. The van der Waals surface area contributed by atoms with Gasteiger partial charge in [-0.15, -0.1) is 0 Å². The van der Waals surface area contributed by atoms with Gasteiger partial charge in [0.2, 0.25) is 0 Å². The van der Waals surface area contributed by atoms with E-state index in [0.29, 0.717) is 24.7 Å². The van der Waals surface area contributed by atoms with Gasteiger partial charge in [0.1, 0.15) is 5.82 Å². The van der Waals surface area contributed by atoms with Crippen LogP contribution in [-0.4, -0.2) is 43.7 Å². The minimum absolute atomic E-state index is 0.173. The number of benzene rings is 1. The van der Waals surface area contributed by atoms with Gasteiger partial charge < -0.3 is 19.5 Å². The highest BCUT2D eigenvalue weighted by molar-refractivity contribution is 5.90. The van der Waals surface area contributed by atoms with Crippen molar-refractivity contribution >= 4 is 11.7 Å². The van der Waals surface area contributed by atoms with Crippen molar-refractivity contribution < 1.29 is 23.8 Å². The molecule has 1 aromatic rings. The van der Waals surface area contributed by atoms with Gasteiger partial charge in [-0.3, -0.25) is 0 Å². The van der Waals surface area contributed by atoms with Crippen LogP contribution in [0.2, 0.25) is 0 Å². The molecule has 5 nitrogen and oxygen atoms in total. The number of unbranched alkanes of at least 4 members (excludes halogenated alkanes) is 2. The summed E-state index contributed by atoms with van der Waals surface area (Å²) >= 11 is 0. The van der Waals surface area contributed by atoms with Crippen molar-refractivity contribution in [3.63, 3.8) is 0 Å². The summed E-state index contributed by atoms with van der Waals surface area (Å²) in [4.78, 5) is 13.3. The lowest BCUT2D eigenvalue weighted by atomic mass is 9.95. The van der Waals surface area contributed by atoms with Crippen LogP contribution in [0.4, 0.5) is 10.1 Å². The lowest BCUT2D eigenvalue weighted by molar-refractivity contribution is -0.177. The third-order valence-corrected chi connectivity index (χ3v) is 5.34. The standard InChI is InChI=1S/C22H34FNO4/c1-4-6-12-27-22(28-13-7-5-2)17-8-10-24(11-9-17)18-14-16(3)20(21(25)26)19(23)15-18/h14-15,17,22H,4-13H2,1-3H3,(H,25,26). The number of aromatic carboxylic acids is 1. The number of anilines is 1. The number of hydrogen-bond donors (Lipinski definition) is 1. The van der Waals surface area contributed by atoms with Crippen LogP contribution >= 0.6 is 0 Å². The zero-order valence-electron chi connectivity index (χ0n) is 17.4. The van der Waals surface area contributed by atoms with E-state index in [1.54, 1.807) is 13.0 Å². The van der Waals surface area contributed by atoms with Gasteiger partial charge in [0.05, 0.1) is 5.56 Å². The van der Waals surface area contributed by atoms with E-state index >= 15 is 0 Å². The third kappa shape index (κ3) is 6.17. The summed E-state index contributed by atoms with van der Waals surface area (Å²) in [5.41, 5.74) is 0.953. The first-order valence-electron chi connectivity index (χ1n) is 10.5. The molecule has 1 heterocycles. The highest BCUT2D eigenvalue weighted by atomic mass is 19.1. The Morgan fingerprint density at radius 1 is 1.18 bits per heavy atom. The largest absolute Gasteiger partial charge is 0.478 e. The second-order valence-corrected chi connectivity index (χ2v) is 7.57. The minimum atomic E-state index is -1.23. The Balaban J connectivity index is 1.98. The maximum atomic E-state index is 14.2. The molecule has 158 valence electrons. The Morgan fingerprint density at radius 2 is 1.75 bits per heavy atom. The number of carbonyl (C=O) groups is 1. The number of piperidine rings is 1. The molecule has 1 aliphatic rings. The Bertz CT molecular complexity index is 596. The number of hydrogen-bond acceptors (Lipinski definition) is 4. The molecule has 1 aliphatic heterocycles. The average molecular weight is 396 g/mol. The number of aryl methyl sites for hydroxylation is 1. The van der Waals surface area contributed by atoms with Gasteiger partial charge >= 0.3 is 5.97 Å². The second-order valence-electron chi connectivity index (χ2n) is 7.57. The van der Waals surface area contributed by atoms with Gasteiger partial charge in [0.25, 0.3) is 0 Å². The number of ether oxygens (including phenoxy) is 2. The van der Waals surface area contributed by atoms with Gasteiger partial charge in [-0.25, -0.2) is 9.18 Å². The van der Waals surface area contributed by atoms with E-state index in [2.05, 4.69) is 18.7 Å². The Labute approximate surface area is 167 Å². The SMILES string of the molecule is CCCCOC(OCCCC)C1CCN(c2cc(C)c(C(=O)O)c(F)c2)CC1. The maximum Gasteiger partial charge on any atom is 0.338 e. The predicted octanol–water partition coefficient (Wildman–Crippen LogP) is 5.01. The molecular formula is C22H34FNO4. The molecule has 1 saturated heterocycles. The van der Waals surface area contributed by atoms with Crippen molar-refractivity contribution in [1.82, 2.24) is 0 Å². The highest BCUT2D eigenvalue weighted by Crippen LogP contribution is 2.29. The molecule has 0 atom stereocenters. The van der Waals surface area contributed by atoms with Crippen molar-refractivity contribution in [3.8, 4) is 0 Å². The lowest BCUT2D eigenvalue weighted by Crippen LogP contribution is -2.40. The Kier molecular flexibility index (Phi) is 9.19. The van der Waals surface area contributed by atoms with Crippen molar-refractivity contribution in [2.45, 2.75) is 65.6 Å². The molecule has 1 N–H and O–H groups in total. The first-order chi connectivity index (χ1) is 13.5. The summed E-state index contributed by atoms with van der Waals surface area (Å²) in [6.45, 7) is 8.92. The van der Waals surface area contributed by atoms with Gasteiger partial charge in [-0.1, -0.05) is 26.7 Å². The van der Waals surface area contributed by atoms with E-state index in [1.165, 1.54) is 6.07 Å². The van der Waals surface area contributed by atoms with Crippen LogP contribution in [0, 0.1) is 18.7 Å². The van der Waals surface area contributed by atoms with Crippen molar-refractivity contribution in [3.05, 3.63) is 29.1 Å². The second kappa shape index (κ2) is 11.4. The van der Waals surface area contributed by atoms with Crippen LogP contribution in [0.15, 0.2) is 12.1 Å². The van der Waals surface area contributed by atoms with Gasteiger partial charge in [-0.2, -0.15) is 0 Å². The first-order valence-corrected chi connectivity index (χ1v) is 10.5. The van der Waals surface area contributed by atoms with Crippen LogP contribution in [0.1, 0.15) is 68.3 Å². The van der Waals surface area contributed by atoms with E-state index < -0.39 is 11.8 Å². The molecular weight excluding hydrogens is 361 g/mol. The Morgan fingerprint density at radius 3 is 2.21 bits per heavy atom. The summed E-state index contributed by atoms with van der Waals surface area (Å²) in [5, 5.41) is 9.14. The molecule has 28 heavy (non-hydrogen) atoms. The number of carboxylic acids is 1. The summed E-state index contributed by atoms with van der Waals surface area (Å²) in [6, 6.07) is 3.10. The fraction of sp³-hybridized carbons (Fsp3) is 0.682. The molecule has 0 bridgehead atoms. The van der Waals surface area contributed by atoms with Gasteiger partial charge in [0.15, 0.2) is 6.29 Å². The van der Waals surface area contributed by atoms with Gasteiger partial charge in [-0.05, 0) is 50.3 Å². The molecule has 0 aliphatic carbocycles. The van der Waals surface area contributed by atoms with Crippen molar-refractivity contribution in [2.24, 2.45) is 5.92 Å². The maximum absolute atomic E-state index is 14.2. The minimum Gasteiger partial charge on any atom is -0.478 e. The highest BCUT2D eigenvalue weighted by Gasteiger charge is 2.28. The monoisotopic (exact) mass is 395 g/mol. The molecule has 0 aromatic heterocycles. The number of nitrogens with zero attached hydrogens (tertiary/aromatic N) is 1. The summed E-state index contributed by atoms with van der Waals surface area (Å²) < 4.78 is 26.3. The Hall–Kier alpha value is -1.66. The van der Waals surface area contributed by atoms with Crippen LogP contribution in [0.25, 0.3) is 0 Å². The van der Waals surface area contributed by atoms with E-state index in [0.717, 1.165) is 57.3 Å². The molecule has 0 saturated carbocycles. The molecule has 0 unspecified atom stereocenters. The fourth-order valence-corrected chi connectivity index (χ4v) is 3.62. The molecule has 1 aromatic carbocycles. The van der Waals surface area contributed by atoms with Crippen LogP contribution in [0.3, 0.4) is 0 Å². The molecule has 0 radical (unpaired) electrons. The predicted molar refractivity (Wildman–Crippen MR) is 109 cm³/mol. The summed E-state index contributed by atoms with van der Waals surface area (Å²) in [6.07, 6.45) is 5.89. The molecule has 2 rings (SSSR count). The zero-order chi connectivity index (χ0) is 20.5. The van der Waals surface area contributed by atoms with E-state index in [1.807, 2.05) is 0 Å². The van der Waals surface area contributed by atoms with E-state index in [4.69, 9.17) is 14.6 Å². The van der Waals surface area contributed by atoms with E-state index in [9.17, 15) is 9.18 Å². The average Bonchev–Trinajstić information content (AvgIpc) is 2.66. The number of carboxylic acid groups (broad SMARTS) is 1. The van der Waals surface area contributed by atoms with Gasteiger partial charge in [0, 0.05) is 37.9 Å². The fourth-order valence-electron chi connectivity index (χ4n) is 3.62. The number of rotatable bonds is 11. The molecule has 6 heteroatoms. The van der Waals surface area contributed by atoms with Crippen molar-refractivity contribution in [2.75, 3.05) is 31.2 Å². The first kappa shape index (κ1) is 22.6. The van der Waals surface area contributed by atoms with Crippen molar-refractivity contribution in [1.29, 1.82) is 0 Å². The third-order valence-electron chi connectivity index (χ3n) is 5.34. The van der Waals surface area contributed by atoms with Crippen LogP contribution < -0.4 is 4.90 Å². The topological polar surface area (TPSA) is 59.0 Å². The van der Waals surface area contributed by atoms with Crippen LogP contribution in [-0.2, 0) is 9.47 Å². The summed E-state index contributed by atoms with van der Waals surface area (Å²) in [7, 11) is 0. The molecule has 1 fully saturated rings. The molecule has 0 spiro atoms. The quantitative estimate of drug-likeness (QED) is 0.422. The summed E-state index contributed by atoms with van der Waals surface area (Å²) in [5.74, 6) is -1.57.